The topological polar surface area (TPSA) is 84.9 Å². The average molecular weight is 410 g/mol. The molecule has 0 aliphatic carbocycles. The summed E-state index contributed by atoms with van der Waals surface area (Å²) >= 11 is 0. The van der Waals surface area contributed by atoms with Gasteiger partial charge in [0.15, 0.2) is 11.5 Å². The third-order valence-corrected chi connectivity index (χ3v) is 5.21. The first-order chi connectivity index (χ1) is 13.2. The Hall–Kier alpha value is -2.81. The van der Waals surface area contributed by atoms with Crippen LogP contribution < -0.4 is 19.1 Å². The molecule has 7 nitrogen and oxygen atoms in total. The number of hydrogen-bond donors (Lipinski definition) is 1. The molecule has 1 unspecified atom stereocenters. The summed E-state index contributed by atoms with van der Waals surface area (Å²) in [6.07, 6.45) is 0.961. The average Bonchev–Trinajstić information content (AvgIpc) is 2.64. The molecule has 0 spiro atoms. The first-order valence-corrected chi connectivity index (χ1v) is 10.2. The molecule has 0 radical (unpaired) electrons. The van der Waals surface area contributed by atoms with Crippen LogP contribution in [0.25, 0.3) is 0 Å². The number of benzene rings is 2. The van der Waals surface area contributed by atoms with Crippen molar-refractivity contribution < 1.29 is 27.1 Å². The van der Waals surface area contributed by atoms with Crippen LogP contribution in [-0.2, 0) is 14.8 Å². The lowest BCUT2D eigenvalue weighted by Gasteiger charge is -2.23. The number of nitrogens with zero attached hydrogens (tertiary/aromatic N) is 1. The maximum absolute atomic E-state index is 13.5. The summed E-state index contributed by atoms with van der Waals surface area (Å²) in [7, 11) is -0.750. The monoisotopic (exact) mass is 410 g/mol. The lowest BCUT2D eigenvalue weighted by molar-refractivity contribution is -0.120. The Morgan fingerprint density at radius 1 is 1.14 bits per heavy atom. The molecule has 0 saturated carbocycles. The van der Waals surface area contributed by atoms with Gasteiger partial charge in [-0.25, -0.2) is 12.8 Å². The number of amides is 1. The largest absolute Gasteiger partial charge is 0.493 e. The zero-order chi connectivity index (χ0) is 20.9. The zero-order valence-corrected chi connectivity index (χ0v) is 16.9. The molecule has 2 rings (SSSR count). The predicted octanol–water partition coefficient (Wildman–Crippen LogP) is 2.49. The van der Waals surface area contributed by atoms with Crippen LogP contribution in [0.5, 0.6) is 11.5 Å². The van der Waals surface area contributed by atoms with Crippen LogP contribution in [0.15, 0.2) is 42.5 Å². The van der Waals surface area contributed by atoms with E-state index in [0.717, 1.165) is 22.2 Å². The van der Waals surface area contributed by atoms with Gasteiger partial charge in [0.1, 0.15) is 12.4 Å². The second-order valence-electron chi connectivity index (χ2n) is 6.15. The minimum absolute atomic E-state index is 0.0800. The Kier molecular flexibility index (Phi) is 6.85. The summed E-state index contributed by atoms with van der Waals surface area (Å²) in [6, 6.07) is 9.86. The van der Waals surface area contributed by atoms with Gasteiger partial charge in [0, 0.05) is 0 Å². The van der Waals surface area contributed by atoms with E-state index in [9.17, 15) is 17.6 Å². The highest BCUT2D eigenvalue weighted by Gasteiger charge is 2.22. The van der Waals surface area contributed by atoms with Crippen molar-refractivity contribution in [1.29, 1.82) is 0 Å². The first kappa shape index (κ1) is 21.5. The van der Waals surface area contributed by atoms with Gasteiger partial charge in [-0.2, -0.15) is 0 Å². The van der Waals surface area contributed by atoms with E-state index in [1.807, 2.05) is 0 Å². The van der Waals surface area contributed by atoms with Crippen molar-refractivity contribution in [2.75, 3.05) is 31.3 Å². The number of rotatable bonds is 8. The van der Waals surface area contributed by atoms with Gasteiger partial charge >= 0.3 is 0 Å². The van der Waals surface area contributed by atoms with E-state index in [1.165, 1.54) is 32.4 Å². The molecule has 9 heteroatoms. The summed E-state index contributed by atoms with van der Waals surface area (Å²) in [5.74, 6) is -0.0556. The van der Waals surface area contributed by atoms with Gasteiger partial charge < -0.3 is 14.8 Å². The van der Waals surface area contributed by atoms with Gasteiger partial charge in [0.2, 0.25) is 15.9 Å². The smallest absolute Gasteiger partial charge is 0.241 e. The molecule has 0 saturated heterocycles. The van der Waals surface area contributed by atoms with Gasteiger partial charge in [-0.1, -0.05) is 12.1 Å². The standard InChI is InChI=1S/C19H23FN2O5S/c1-13(14-8-9-17(26-2)18(10-14)27-3)21-19(23)12-22(28(4,24)25)16-7-5-6-15(20)11-16/h5-11,13H,12H2,1-4H3,(H,21,23). The fraction of sp³-hybridized carbons (Fsp3) is 0.316. The van der Waals surface area contributed by atoms with Crippen molar-refractivity contribution in [3.8, 4) is 11.5 Å². The van der Waals surface area contributed by atoms with Crippen LogP contribution >= 0.6 is 0 Å². The van der Waals surface area contributed by atoms with E-state index in [4.69, 9.17) is 9.47 Å². The number of anilines is 1. The maximum atomic E-state index is 13.5. The molecule has 1 amide bonds. The summed E-state index contributed by atoms with van der Waals surface area (Å²) < 4.78 is 48.9. The van der Waals surface area contributed by atoms with Gasteiger partial charge in [-0.3, -0.25) is 9.10 Å². The number of carbonyl (C=O) groups is 1. The Labute approximate surface area is 164 Å². The van der Waals surface area contributed by atoms with E-state index >= 15 is 0 Å². The number of hydrogen-bond acceptors (Lipinski definition) is 5. The molecular formula is C19H23FN2O5S. The van der Waals surface area contributed by atoms with Crippen molar-refractivity contribution in [1.82, 2.24) is 5.32 Å². The van der Waals surface area contributed by atoms with E-state index in [0.29, 0.717) is 11.5 Å². The molecule has 2 aromatic carbocycles. The van der Waals surface area contributed by atoms with Gasteiger partial charge in [-0.05, 0) is 42.8 Å². The Morgan fingerprint density at radius 3 is 2.39 bits per heavy atom. The first-order valence-electron chi connectivity index (χ1n) is 8.40. The molecular weight excluding hydrogens is 387 g/mol. The van der Waals surface area contributed by atoms with Gasteiger partial charge in [0.05, 0.1) is 32.2 Å². The van der Waals surface area contributed by atoms with Crippen molar-refractivity contribution in [3.63, 3.8) is 0 Å². The van der Waals surface area contributed by atoms with Gasteiger partial charge in [-0.15, -0.1) is 0 Å². The highest BCUT2D eigenvalue weighted by Crippen LogP contribution is 2.30. The molecule has 0 fully saturated rings. The van der Waals surface area contributed by atoms with Crippen LogP contribution in [0.3, 0.4) is 0 Å². The lowest BCUT2D eigenvalue weighted by atomic mass is 10.1. The second-order valence-corrected chi connectivity index (χ2v) is 8.06. The molecule has 0 heterocycles. The van der Waals surface area contributed by atoms with E-state index in [2.05, 4.69) is 5.32 Å². The van der Waals surface area contributed by atoms with Crippen LogP contribution in [-0.4, -0.2) is 41.3 Å². The fourth-order valence-corrected chi connectivity index (χ4v) is 3.50. The fourth-order valence-electron chi connectivity index (χ4n) is 2.65. The molecule has 0 bridgehead atoms. The number of methoxy groups -OCH3 is 2. The SMILES string of the molecule is COc1ccc(C(C)NC(=O)CN(c2cccc(F)c2)S(C)(=O)=O)cc1OC. The number of nitrogens with one attached hydrogen (secondary N) is 1. The molecule has 1 atom stereocenters. The predicted molar refractivity (Wildman–Crippen MR) is 105 cm³/mol. The summed E-state index contributed by atoms with van der Waals surface area (Å²) in [4.78, 5) is 12.5. The number of carbonyl (C=O) groups excluding carboxylic acids is 1. The molecule has 152 valence electrons. The Bertz CT molecular complexity index is 949. The minimum Gasteiger partial charge on any atom is -0.493 e. The van der Waals surface area contributed by atoms with E-state index in [1.54, 1.807) is 25.1 Å². The van der Waals surface area contributed by atoms with E-state index in [-0.39, 0.29) is 5.69 Å². The Morgan fingerprint density at radius 2 is 1.82 bits per heavy atom. The van der Waals surface area contributed by atoms with Crippen LogP contribution in [0, 0.1) is 5.82 Å². The number of halogens is 1. The summed E-state index contributed by atoms with van der Waals surface area (Å²) in [5, 5.41) is 2.74. The van der Waals surface area contributed by atoms with E-state index < -0.39 is 34.3 Å². The number of sulfonamides is 1. The molecule has 0 aromatic heterocycles. The van der Waals surface area contributed by atoms with Gasteiger partial charge in [0.25, 0.3) is 0 Å². The molecule has 0 aliphatic rings. The summed E-state index contributed by atoms with van der Waals surface area (Å²) in [6.45, 7) is 1.28. The lowest BCUT2D eigenvalue weighted by Crippen LogP contribution is -2.41. The Balaban J connectivity index is 2.16. The van der Waals surface area contributed by atoms with Crippen molar-refractivity contribution in [3.05, 3.63) is 53.8 Å². The second kappa shape index (κ2) is 8.92. The van der Waals surface area contributed by atoms with Crippen molar-refractivity contribution in [2.45, 2.75) is 13.0 Å². The molecule has 28 heavy (non-hydrogen) atoms. The number of ether oxygens (including phenoxy) is 2. The minimum atomic E-state index is -3.78. The normalized spacial score (nSPS) is 12.2. The molecule has 2 aromatic rings. The molecule has 0 aliphatic heterocycles. The third-order valence-electron chi connectivity index (χ3n) is 4.07. The summed E-state index contributed by atoms with van der Waals surface area (Å²) in [5.41, 5.74) is 0.832. The quantitative estimate of drug-likeness (QED) is 0.723. The van der Waals surface area contributed by atoms with Crippen molar-refractivity contribution in [2.24, 2.45) is 0 Å². The highest BCUT2D eigenvalue weighted by atomic mass is 32.2. The zero-order valence-electron chi connectivity index (χ0n) is 16.1. The van der Waals surface area contributed by atoms with Crippen LogP contribution in [0.2, 0.25) is 0 Å². The van der Waals surface area contributed by atoms with Crippen molar-refractivity contribution >= 4 is 21.6 Å². The highest BCUT2D eigenvalue weighted by molar-refractivity contribution is 7.92. The van der Waals surface area contributed by atoms with Crippen LogP contribution in [0.1, 0.15) is 18.5 Å². The van der Waals surface area contributed by atoms with Crippen LogP contribution in [0.4, 0.5) is 10.1 Å². The maximum Gasteiger partial charge on any atom is 0.241 e. The molecule has 1 N–H and O–H groups in total. The third kappa shape index (κ3) is 5.35.